The lowest BCUT2D eigenvalue weighted by molar-refractivity contribution is -0.118. The molecule has 0 saturated heterocycles. The van der Waals surface area contributed by atoms with Gasteiger partial charge >= 0.3 is 0 Å². The summed E-state index contributed by atoms with van der Waals surface area (Å²) in [6.45, 7) is 3.83. The zero-order valence-electron chi connectivity index (χ0n) is 11.8. The van der Waals surface area contributed by atoms with E-state index >= 15 is 0 Å². The van der Waals surface area contributed by atoms with Gasteiger partial charge in [0.2, 0.25) is 11.8 Å². The predicted octanol–water partition coefficient (Wildman–Crippen LogP) is 1.01. The number of nitrogens with two attached hydrogens (primary N) is 2. The van der Waals surface area contributed by atoms with E-state index in [9.17, 15) is 9.59 Å². The third-order valence-electron chi connectivity index (χ3n) is 2.37. The van der Waals surface area contributed by atoms with E-state index in [0.717, 1.165) is 0 Å². The zero-order valence-corrected chi connectivity index (χ0v) is 11.8. The first-order valence-electron chi connectivity index (χ1n) is 6.36. The maximum absolute atomic E-state index is 11.7. The number of ether oxygens (including phenoxy) is 1. The highest BCUT2D eigenvalue weighted by Gasteiger charge is 2.16. The third-order valence-corrected chi connectivity index (χ3v) is 2.37. The van der Waals surface area contributed by atoms with Crippen molar-refractivity contribution < 1.29 is 14.3 Å². The SMILES string of the molecule is CC(C)(N)CC(=O)Nc1ccc(OCCC(N)=O)cc1. The molecule has 6 heteroatoms. The minimum Gasteiger partial charge on any atom is -0.493 e. The molecule has 1 rings (SSSR count). The van der Waals surface area contributed by atoms with Crippen LogP contribution in [0, 0.1) is 0 Å². The van der Waals surface area contributed by atoms with Crippen LogP contribution in [-0.2, 0) is 9.59 Å². The van der Waals surface area contributed by atoms with Crippen LogP contribution in [-0.4, -0.2) is 24.0 Å². The molecule has 0 unspecified atom stereocenters. The van der Waals surface area contributed by atoms with Crippen molar-refractivity contribution in [2.45, 2.75) is 32.2 Å². The Morgan fingerprint density at radius 3 is 2.35 bits per heavy atom. The van der Waals surface area contributed by atoms with E-state index in [0.29, 0.717) is 11.4 Å². The maximum Gasteiger partial charge on any atom is 0.226 e. The number of carbonyl (C=O) groups excluding carboxylic acids is 2. The first-order valence-corrected chi connectivity index (χ1v) is 6.36. The zero-order chi connectivity index (χ0) is 15.2. The molecule has 110 valence electrons. The quantitative estimate of drug-likeness (QED) is 0.692. The summed E-state index contributed by atoms with van der Waals surface area (Å²) in [5.74, 6) is 0.0709. The minimum atomic E-state index is -0.540. The van der Waals surface area contributed by atoms with Crippen LogP contribution in [0.4, 0.5) is 5.69 Å². The summed E-state index contributed by atoms with van der Waals surface area (Å²) in [7, 11) is 0. The lowest BCUT2D eigenvalue weighted by Gasteiger charge is -2.17. The summed E-state index contributed by atoms with van der Waals surface area (Å²) in [4.78, 5) is 22.2. The number of anilines is 1. The normalized spacial score (nSPS) is 10.9. The fourth-order valence-electron chi connectivity index (χ4n) is 1.52. The molecule has 0 saturated carbocycles. The minimum absolute atomic E-state index is 0.139. The summed E-state index contributed by atoms with van der Waals surface area (Å²) in [6.07, 6.45) is 0.411. The Bertz CT molecular complexity index is 464. The van der Waals surface area contributed by atoms with Crippen LogP contribution in [0.2, 0.25) is 0 Å². The number of hydrogen-bond acceptors (Lipinski definition) is 4. The molecule has 5 N–H and O–H groups in total. The van der Waals surface area contributed by atoms with Crippen LogP contribution in [0.3, 0.4) is 0 Å². The molecule has 0 radical (unpaired) electrons. The van der Waals surface area contributed by atoms with Crippen molar-refractivity contribution in [3.63, 3.8) is 0 Å². The van der Waals surface area contributed by atoms with E-state index in [4.69, 9.17) is 16.2 Å². The highest BCUT2D eigenvalue weighted by Crippen LogP contribution is 2.16. The predicted molar refractivity (Wildman–Crippen MR) is 77.3 cm³/mol. The fraction of sp³-hybridized carbons (Fsp3) is 0.429. The Labute approximate surface area is 118 Å². The Hall–Kier alpha value is -2.08. The summed E-state index contributed by atoms with van der Waals surface area (Å²) in [5, 5.41) is 2.75. The average Bonchev–Trinajstić information content (AvgIpc) is 2.28. The van der Waals surface area contributed by atoms with Crippen LogP contribution in [0.1, 0.15) is 26.7 Å². The second-order valence-corrected chi connectivity index (χ2v) is 5.30. The van der Waals surface area contributed by atoms with Gasteiger partial charge in [0.15, 0.2) is 0 Å². The van der Waals surface area contributed by atoms with Gasteiger partial charge in [-0.15, -0.1) is 0 Å². The van der Waals surface area contributed by atoms with Crippen LogP contribution in [0.5, 0.6) is 5.75 Å². The van der Waals surface area contributed by atoms with Gasteiger partial charge in [-0.25, -0.2) is 0 Å². The summed E-state index contributed by atoms with van der Waals surface area (Å²) in [6, 6.07) is 6.87. The van der Waals surface area contributed by atoms with Crippen LogP contribution in [0.25, 0.3) is 0 Å². The van der Waals surface area contributed by atoms with Crippen LogP contribution >= 0.6 is 0 Å². The molecule has 2 amide bonds. The van der Waals surface area contributed by atoms with Gasteiger partial charge in [-0.05, 0) is 38.1 Å². The van der Waals surface area contributed by atoms with Gasteiger partial charge in [-0.3, -0.25) is 9.59 Å². The van der Waals surface area contributed by atoms with Gasteiger partial charge in [0.1, 0.15) is 5.75 Å². The van der Waals surface area contributed by atoms with E-state index in [1.807, 2.05) is 0 Å². The molecular formula is C14H21N3O3. The van der Waals surface area contributed by atoms with Gasteiger partial charge < -0.3 is 21.5 Å². The van der Waals surface area contributed by atoms with Gasteiger partial charge in [0.25, 0.3) is 0 Å². The topological polar surface area (TPSA) is 107 Å². The van der Waals surface area contributed by atoms with Gasteiger partial charge in [-0.1, -0.05) is 0 Å². The maximum atomic E-state index is 11.7. The van der Waals surface area contributed by atoms with Crippen molar-refractivity contribution in [2.75, 3.05) is 11.9 Å². The number of amides is 2. The average molecular weight is 279 g/mol. The van der Waals surface area contributed by atoms with E-state index in [1.165, 1.54) is 0 Å². The number of hydrogen-bond donors (Lipinski definition) is 3. The Morgan fingerprint density at radius 1 is 1.25 bits per heavy atom. The standard InChI is InChI=1S/C14H21N3O3/c1-14(2,16)9-13(19)17-10-3-5-11(6-4-10)20-8-7-12(15)18/h3-6H,7-9,16H2,1-2H3,(H2,15,18)(H,17,19). The van der Waals surface area contributed by atoms with Crippen LogP contribution in [0.15, 0.2) is 24.3 Å². The van der Waals surface area contributed by atoms with E-state index in [-0.39, 0.29) is 25.4 Å². The van der Waals surface area contributed by atoms with Crippen molar-refractivity contribution in [1.29, 1.82) is 0 Å². The molecule has 0 heterocycles. The third kappa shape index (κ3) is 6.75. The highest BCUT2D eigenvalue weighted by atomic mass is 16.5. The molecule has 0 aliphatic heterocycles. The molecule has 0 spiro atoms. The summed E-state index contributed by atoms with van der Waals surface area (Å²) in [5.41, 5.74) is 10.9. The monoisotopic (exact) mass is 279 g/mol. The number of primary amides is 1. The molecular weight excluding hydrogens is 258 g/mol. The molecule has 6 nitrogen and oxygen atoms in total. The molecule has 1 aromatic rings. The number of rotatable bonds is 7. The molecule has 0 bridgehead atoms. The molecule has 0 aromatic heterocycles. The van der Waals surface area contributed by atoms with E-state index < -0.39 is 11.4 Å². The first kappa shape index (κ1) is 16.0. The van der Waals surface area contributed by atoms with Crippen molar-refractivity contribution >= 4 is 17.5 Å². The molecule has 20 heavy (non-hydrogen) atoms. The molecule has 0 aliphatic carbocycles. The van der Waals surface area contributed by atoms with E-state index in [2.05, 4.69) is 5.32 Å². The van der Waals surface area contributed by atoms with Crippen molar-refractivity contribution in [3.8, 4) is 5.75 Å². The molecule has 1 aromatic carbocycles. The second-order valence-electron chi connectivity index (χ2n) is 5.30. The summed E-state index contributed by atoms with van der Waals surface area (Å²) < 4.78 is 5.32. The Morgan fingerprint density at radius 2 is 1.85 bits per heavy atom. The fourth-order valence-corrected chi connectivity index (χ4v) is 1.52. The lowest BCUT2D eigenvalue weighted by Crippen LogP contribution is -2.36. The Balaban J connectivity index is 2.46. The lowest BCUT2D eigenvalue weighted by atomic mass is 10.0. The largest absolute Gasteiger partial charge is 0.493 e. The van der Waals surface area contributed by atoms with Crippen molar-refractivity contribution in [1.82, 2.24) is 0 Å². The smallest absolute Gasteiger partial charge is 0.226 e. The highest BCUT2D eigenvalue weighted by molar-refractivity contribution is 5.91. The van der Waals surface area contributed by atoms with Gasteiger partial charge in [0, 0.05) is 17.6 Å². The molecule has 0 aliphatic rings. The number of benzene rings is 1. The second kappa shape index (κ2) is 6.91. The number of carbonyl (C=O) groups is 2. The van der Waals surface area contributed by atoms with Crippen molar-refractivity contribution in [3.05, 3.63) is 24.3 Å². The van der Waals surface area contributed by atoms with Crippen molar-refractivity contribution in [2.24, 2.45) is 11.5 Å². The number of nitrogens with one attached hydrogen (secondary N) is 1. The van der Waals surface area contributed by atoms with Gasteiger partial charge in [0.05, 0.1) is 13.0 Å². The molecule has 0 atom stereocenters. The van der Waals surface area contributed by atoms with E-state index in [1.54, 1.807) is 38.1 Å². The first-order chi connectivity index (χ1) is 9.26. The van der Waals surface area contributed by atoms with Crippen LogP contribution < -0.4 is 21.5 Å². The summed E-state index contributed by atoms with van der Waals surface area (Å²) >= 11 is 0. The molecule has 0 fully saturated rings. The van der Waals surface area contributed by atoms with Gasteiger partial charge in [-0.2, -0.15) is 0 Å². The Kier molecular flexibility index (Phi) is 5.52.